The van der Waals surface area contributed by atoms with Crippen molar-refractivity contribution >= 4 is 11.7 Å². The summed E-state index contributed by atoms with van der Waals surface area (Å²) in [4.78, 5) is 12.0. The van der Waals surface area contributed by atoms with Gasteiger partial charge < -0.3 is 19.9 Å². The number of methoxy groups -OCH3 is 2. The SMILES string of the molecule is COC(=O)C(Nc1ccccc1OC)c1ccccc1O. The van der Waals surface area contributed by atoms with E-state index in [-0.39, 0.29) is 5.75 Å². The lowest BCUT2D eigenvalue weighted by atomic mass is 10.1. The zero-order chi connectivity index (χ0) is 15.2. The van der Waals surface area contributed by atoms with Crippen LogP contribution >= 0.6 is 0 Å². The van der Waals surface area contributed by atoms with Crippen molar-refractivity contribution in [2.75, 3.05) is 19.5 Å². The predicted molar refractivity (Wildman–Crippen MR) is 79.5 cm³/mol. The second-order valence-corrected chi connectivity index (χ2v) is 4.36. The van der Waals surface area contributed by atoms with Gasteiger partial charge in [0.2, 0.25) is 0 Å². The fraction of sp³-hybridized carbons (Fsp3) is 0.188. The minimum absolute atomic E-state index is 0.0234. The van der Waals surface area contributed by atoms with E-state index in [1.54, 1.807) is 37.4 Å². The van der Waals surface area contributed by atoms with Crippen molar-refractivity contribution in [2.24, 2.45) is 0 Å². The fourth-order valence-electron chi connectivity index (χ4n) is 2.03. The second-order valence-electron chi connectivity index (χ2n) is 4.36. The maximum absolute atomic E-state index is 12.0. The van der Waals surface area contributed by atoms with E-state index in [1.807, 2.05) is 12.1 Å². The summed E-state index contributed by atoms with van der Waals surface area (Å²) >= 11 is 0. The van der Waals surface area contributed by atoms with Gasteiger partial charge in [0.05, 0.1) is 19.9 Å². The number of nitrogens with one attached hydrogen (secondary N) is 1. The Balaban J connectivity index is 2.38. The van der Waals surface area contributed by atoms with Gasteiger partial charge in [-0.05, 0) is 18.2 Å². The Morgan fingerprint density at radius 2 is 1.76 bits per heavy atom. The molecule has 1 unspecified atom stereocenters. The summed E-state index contributed by atoms with van der Waals surface area (Å²) in [5.74, 6) is 0.125. The Labute approximate surface area is 123 Å². The first kappa shape index (κ1) is 14.7. The van der Waals surface area contributed by atoms with Crippen LogP contribution < -0.4 is 10.1 Å². The number of benzene rings is 2. The number of hydrogen-bond acceptors (Lipinski definition) is 5. The molecular formula is C16H17NO4. The van der Waals surface area contributed by atoms with Crippen molar-refractivity contribution in [3.63, 3.8) is 0 Å². The molecule has 0 bridgehead atoms. The molecule has 0 aliphatic heterocycles. The summed E-state index contributed by atoms with van der Waals surface area (Å²) in [6, 6.07) is 13.0. The number of anilines is 1. The van der Waals surface area contributed by atoms with Crippen molar-refractivity contribution < 1.29 is 19.4 Å². The van der Waals surface area contributed by atoms with E-state index in [4.69, 9.17) is 9.47 Å². The highest BCUT2D eigenvalue weighted by atomic mass is 16.5. The molecule has 2 aromatic rings. The Morgan fingerprint density at radius 3 is 2.43 bits per heavy atom. The molecule has 5 nitrogen and oxygen atoms in total. The molecule has 0 aromatic heterocycles. The monoisotopic (exact) mass is 287 g/mol. The van der Waals surface area contributed by atoms with Crippen LogP contribution in [0.25, 0.3) is 0 Å². The smallest absolute Gasteiger partial charge is 0.333 e. The van der Waals surface area contributed by atoms with Crippen molar-refractivity contribution in [2.45, 2.75) is 6.04 Å². The molecule has 0 aliphatic rings. The average Bonchev–Trinajstić information content (AvgIpc) is 2.53. The number of carbonyl (C=O) groups excluding carboxylic acids is 1. The van der Waals surface area contributed by atoms with E-state index in [0.29, 0.717) is 17.0 Å². The molecule has 2 aromatic carbocycles. The summed E-state index contributed by atoms with van der Waals surface area (Å²) < 4.78 is 10.1. The number of carbonyl (C=O) groups is 1. The normalized spacial score (nSPS) is 11.5. The van der Waals surface area contributed by atoms with Crippen LogP contribution in [0.4, 0.5) is 5.69 Å². The number of esters is 1. The van der Waals surface area contributed by atoms with E-state index >= 15 is 0 Å². The Morgan fingerprint density at radius 1 is 1.10 bits per heavy atom. The van der Waals surface area contributed by atoms with Gasteiger partial charge in [0.1, 0.15) is 11.5 Å². The van der Waals surface area contributed by atoms with Gasteiger partial charge in [-0.3, -0.25) is 0 Å². The molecule has 2 N–H and O–H groups in total. The number of aromatic hydroxyl groups is 1. The van der Waals surface area contributed by atoms with Gasteiger partial charge in [0.25, 0.3) is 0 Å². The third kappa shape index (κ3) is 3.25. The molecule has 0 saturated heterocycles. The molecule has 0 aliphatic carbocycles. The van der Waals surface area contributed by atoms with Gasteiger partial charge in [0, 0.05) is 5.56 Å². The van der Waals surface area contributed by atoms with Crippen LogP contribution in [0.1, 0.15) is 11.6 Å². The number of rotatable bonds is 5. The van der Waals surface area contributed by atoms with Crippen molar-refractivity contribution in [1.82, 2.24) is 0 Å². The van der Waals surface area contributed by atoms with Crippen LogP contribution in [0.2, 0.25) is 0 Å². The maximum Gasteiger partial charge on any atom is 0.333 e. The third-order valence-electron chi connectivity index (χ3n) is 3.09. The van der Waals surface area contributed by atoms with Gasteiger partial charge in [-0.15, -0.1) is 0 Å². The van der Waals surface area contributed by atoms with Crippen molar-refractivity contribution in [3.8, 4) is 11.5 Å². The van der Waals surface area contributed by atoms with Gasteiger partial charge in [-0.1, -0.05) is 30.3 Å². The van der Waals surface area contributed by atoms with E-state index < -0.39 is 12.0 Å². The predicted octanol–water partition coefficient (Wildman–Crippen LogP) is 2.73. The van der Waals surface area contributed by atoms with Crippen LogP contribution in [0.15, 0.2) is 48.5 Å². The molecule has 21 heavy (non-hydrogen) atoms. The first-order chi connectivity index (χ1) is 10.2. The van der Waals surface area contributed by atoms with Crippen LogP contribution in [0, 0.1) is 0 Å². The van der Waals surface area contributed by atoms with E-state index in [1.165, 1.54) is 13.2 Å². The lowest BCUT2D eigenvalue weighted by Gasteiger charge is -2.20. The molecule has 0 spiro atoms. The maximum atomic E-state index is 12.0. The minimum Gasteiger partial charge on any atom is -0.508 e. The topological polar surface area (TPSA) is 67.8 Å². The Kier molecular flexibility index (Phi) is 4.66. The van der Waals surface area contributed by atoms with Crippen molar-refractivity contribution in [1.29, 1.82) is 0 Å². The molecule has 5 heteroatoms. The van der Waals surface area contributed by atoms with Crippen LogP contribution in [0.5, 0.6) is 11.5 Å². The summed E-state index contributed by atoms with van der Waals surface area (Å²) in [7, 11) is 2.85. The molecule has 1 atom stereocenters. The van der Waals surface area contributed by atoms with Crippen LogP contribution in [-0.2, 0) is 9.53 Å². The molecule has 0 heterocycles. The summed E-state index contributed by atoms with van der Waals surface area (Å²) in [5, 5.41) is 13.0. The van der Waals surface area contributed by atoms with E-state index in [9.17, 15) is 9.90 Å². The summed E-state index contributed by atoms with van der Waals surface area (Å²) in [6.07, 6.45) is 0. The lowest BCUT2D eigenvalue weighted by molar-refractivity contribution is -0.141. The fourth-order valence-corrected chi connectivity index (χ4v) is 2.03. The largest absolute Gasteiger partial charge is 0.508 e. The first-order valence-corrected chi connectivity index (χ1v) is 6.42. The average molecular weight is 287 g/mol. The first-order valence-electron chi connectivity index (χ1n) is 6.42. The lowest BCUT2D eigenvalue weighted by Crippen LogP contribution is -2.22. The zero-order valence-corrected chi connectivity index (χ0v) is 11.9. The standard InChI is InChI=1S/C16H17NO4/c1-20-14-10-6-4-8-12(14)17-15(16(19)21-2)11-7-3-5-9-13(11)18/h3-10,15,17-18H,1-2H3. The second kappa shape index (κ2) is 6.65. The highest BCUT2D eigenvalue weighted by Gasteiger charge is 2.24. The van der Waals surface area contributed by atoms with Crippen molar-refractivity contribution in [3.05, 3.63) is 54.1 Å². The zero-order valence-electron chi connectivity index (χ0n) is 11.9. The minimum atomic E-state index is -0.826. The molecular weight excluding hydrogens is 270 g/mol. The number of ether oxygens (including phenoxy) is 2. The number of hydrogen-bond donors (Lipinski definition) is 2. The molecule has 0 fully saturated rings. The molecule has 2 rings (SSSR count). The van der Waals surface area contributed by atoms with Gasteiger partial charge in [0.15, 0.2) is 6.04 Å². The molecule has 0 amide bonds. The molecule has 0 saturated carbocycles. The van der Waals surface area contributed by atoms with Gasteiger partial charge in [-0.2, -0.15) is 0 Å². The Bertz CT molecular complexity index is 627. The third-order valence-corrected chi connectivity index (χ3v) is 3.09. The highest BCUT2D eigenvalue weighted by molar-refractivity contribution is 5.82. The number of phenols is 1. The molecule has 110 valence electrons. The van der Waals surface area contributed by atoms with Gasteiger partial charge in [-0.25, -0.2) is 4.79 Å². The number of phenolic OH excluding ortho intramolecular Hbond substituents is 1. The quantitative estimate of drug-likeness (QED) is 0.828. The van der Waals surface area contributed by atoms with E-state index in [2.05, 4.69) is 5.32 Å². The van der Waals surface area contributed by atoms with Crippen LogP contribution in [-0.4, -0.2) is 25.3 Å². The van der Waals surface area contributed by atoms with E-state index in [0.717, 1.165) is 0 Å². The Hall–Kier alpha value is -2.69. The summed E-state index contributed by atoms with van der Waals surface area (Å²) in [6.45, 7) is 0. The van der Waals surface area contributed by atoms with Crippen LogP contribution in [0.3, 0.4) is 0 Å². The van der Waals surface area contributed by atoms with Gasteiger partial charge >= 0.3 is 5.97 Å². The number of para-hydroxylation sites is 3. The molecule has 0 radical (unpaired) electrons. The highest BCUT2D eigenvalue weighted by Crippen LogP contribution is 2.31. The summed E-state index contributed by atoms with van der Waals surface area (Å²) in [5.41, 5.74) is 1.08.